The highest BCUT2D eigenvalue weighted by Gasteiger charge is 2.17. The van der Waals surface area contributed by atoms with Gasteiger partial charge < -0.3 is 10.2 Å². The van der Waals surface area contributed by atoms with Gasteiger partial charge in [0.25, 0.3) is 0 Å². The van der Waals surface area contributed by atoms with Crippen LogP contribution in [-0.2, 0) is 13.1 Å². The molecule has 0 unspecified atom stereocenters. The average Bonchev–Trinajstić information content (AvgIpc) is 2.77. The van der Waals surface area contributed by atoms with E-state index in [9.17, 15) is 4.79 Å². The summed E-state index contributed by atoms with van der Waals surface area (Å²) in [5.74, 6) is 0. The van der Waals surface area contributed by atoms with Gasteiger partial charge in [0.05, 0.1) is 10.7 Å². The lowest BCUT2D eigenvalue weighted by molar-refractivity contribution is 0.206. The van der Waals surface area contributed by atoms with E-state index >= 15 is 0 Å². The Morgan fingerprint density at radius 2 is 1.48 bits per heavy atom. The van der Waals surface area contributed by atoms with E-state index < -0.39 is 0 Å². The number of carbonyl (C=O) groups excluding carboxylic acids is 1. The zero-order valence-electron chi connectivity index (χ0n) is 16.5. The minimum absolute atomic E-state index is 0.257. The third-order valence-electron chi connectivity index (χ3n) is 4.99. The standard InChI is InChI=1S/C25H19Cl3N2O/c26-20-10-8-17(9-11-20)15-30(25(31)29-24-13-12-21(27)14-23(24)28)16-19-6-3-5-18-4-1-2-7-22(18)19/h1-14H,15-16H2,(H,29,31). The van der Waals surface area contributed by atoms with Gasteiger partial charge in [-0.2, -0.15) is 0 Å². The van der Waals surface area contributed by atoms with Gasteiger partial charge >= 0.3 is 6.03 Å². The summed E-state index contributed by atoms with van der Waals surface area (Å²) in [7, 11) is 0. The second-order valence-electron chi connectivity index (χ2n) is 7.18. The van der Waals surface area contributed by atoms with Gasteiger partial charge in [-0.3, -0.25) is 0 Å². The fourth-order valence-electron chi connectivity index (χ4n) is 3.43. The molecule has 0 aliphatic heterocycles. The molecule has 2 amide bonds. The summed E-state index contributed by atoms with van der Waals surface area (Å²) >= 11 is 18.3. The Bertz CT molecular complexity index is 1220. The Hall–Kier alpha value is -2.72. The zero-order chi connectivity index (χ0) is 21.8. The highest BCUT2D eigenvalue weighted by atomic mass is 35.5. The van der Waals surface area contributed by atoms with Gasteiger partial charge in [0.1, 0.15) is 0 Å². The van der Waals surface area contributed by atoms with E-state index in [0.29, 0.717) is 33.8 Å². The molecule has 0 heterocycles. The van der Waals surface area contributed by atoms with Crippen molar-refractivity contribution in [1.29, 1.82) is 0 Å². The van der Waals surface area contributed by atoms with E-state index in [-0.39, 0.29) is 6.03 Å². The van der Waals surface area contributed by atoms with Crippen LogP contribution in [-0.4, -0.2) is 10.9 Å². The van der Waals surface area contributed by atoms with Crippen LogP contribution in [0, 0.1) is 0 Å². The Morgan fingerprint density at radius 1 is 0.774 bits per heavy atom. The van der Waals surface area contributed by atoms with Crippen LogP contribution >= 0.6 is 34.8 Å². The quantitative estimate of drug-likeness (QED) is 0.315. The van der Waals surface area contributed by atoms with Crippen molar-refractivity contribution >= 4 is 57.3 Å². The minimum Gasteiger partial charge on any atom is -0.316 e. The summed E-state index contributed by atoms with van der Waals surface area (Å²) in [6.45, 7) is 0.846. The Kier molecular flexibility index (Phi) is 6.67. The summed E-state index contributed by atoms with van der Waals surface area (Å²) in [4.78, 5) is 15.0. The fourth-order valence-corrected chi connectivity index (χ4v) is 4.01. The van der Waals surface area contributed by atoms with Crippen LogP contribution < -0.4 is 5.32 Å². The van der Waals surface area contributed by atoms with Gasteiger partial charge in [0.15, 0.2) is 0 Å². The third kappa shape index (κ3) is 5.31. The molecule has 1 N–H and O–H groups in total. The molecular formula is C25H19Cl3N2O. The number of rotatable bonds is 5. The lowest BCUT2D eigenvalue weighted by Gasteiger charge is -2.24. The molecule has 0 aliphatic rings. The molecule has 4 rings (SSSR count). The number of fused-ring (bicyclic) bond motifs is 1. The predicted molar refractivity (Wildman–Crippen MR) is 130 cm³/mol. The van der Waals surface area contributed by atoms with E-state index in [1.807, 2.05) is 48.5 Å². The number of hydrogen-bond donors (Lipinski definition) is 1. The monoisotopic (exact) mass is 468 g/mol. The molecule has 0 spiro atoms. The minimum atomic E-state index is -0.257. The van der Waals surface area contributed by atoms with E-state index in [1.54, 1.807) is 23.1 Å². The number of hydrogen-bond acceptors (Lipinski definition) is 1. The molecule has 0 aromatic heterocycles. The van der Waals surface area contributed by atoms with Crippen LogP contribution in [0.1, 0.15) is 11.1 Å². The first-order valence-corrected chi connectivity index (χ1v) is 10.8. The lowest BCUT2D eigenvalue weighted by atomic mass is 10.0. The molecule has 3 nitrogen and oxygen atoms in total. The van der Waals surface area contributed by atoms with Crippen molar-refractivity contribution in [3.05, 3.63) is 111 Å². The van der Waals surface area contributed by atoms with Gasteiger partial charge in [0.2, 0.25) is 0 Å². The SMILES string of the molecule is O=C(Nc1ccc(Cl)cc1Cl)N(Cc1ccc(Cl)cc1)Cc1cccc2ccccc12. The third-order valence-corrected chi connectivity index (χ3v) is 5.79. The second kappa shape index (κ2) is 9.61. The molecule has 156 valence electrons. The first-order valence-electron chi connectivity index (χ1n) is 9.72. The molecule has 0 atom stereocenters. The maximum atomic E-state index is 13.3. The first kappa shape index (κ1) is 21.5. The van der Waals surface area contributed by atoms with Crippen molar-refractivity contribution in [2.24, 2.45) is 0 Å². The lowest BCUT2D eigenvalue weighted by Crippen LogP contribution is -2.34. The van der Waals surface area contributed by atoms with E-state index in [2.05, 4.69) is 23.5 Å². The Labute approximate surface area is 196 Å². The van der Waals surface area contributed by atoms with Crippen molar-refractivity contribution in [3.8, 4) is 0 Å². The first-order chi connectivity index (χ1) is 15.0. The number of anilines is 1. The normalized spacial score (nSPS) is 10.8. The molecule has 0 fully saturated rings. The summed E-state index contributed by atoms with van der Waals surface area (Å²) in [6, 6.07) is 26.5. The summed E-state index contributed by atoms with van der Waals surface area (Å²) in [5, 5.41) is 6.71. The predicted octanol–water partition coefficient (Wildman–Crippen LogP) is 8.03. The van der Waals surface area contributed by atoms with Crippen LogP contribution in [0.4, 0.5) is 10.5 Å². The second-order valence-corrected chi connectivity index (χ2v) is 8.46. The fraction of sp³-hybridized carbons (Fsp3) is 0.0800. The van der Waals surface area contributed by atoms with Gasteiger partial charge in [-0.1, -0.05) is 89.4 Å². The average molecular weight is 470 g/mol. The smallest absolute Gasteiger partial charge is 0.316 e. The van der Waals surface area contributed by atoms with Crippen LogP contribution in [0.3, 0.4) is 0 Å². The Morgan fingerprint density at radius 3 is 2.26 bits per heavy atom. The molecule has 0 aliphatic carbocycles. The highest BCUT2D eigenvalue weighted by Crippen LogP contribution is 2.27. The van der Waals surface area contributed by atoms with Crippen molar-refractivity contribution in [2.45, 2.75) is 13.1 Å². The van der Waals surface area contributed by atoms with Gasteiger partial charge in [0, 0.05) is 23.1 Å². The van der Waals surface area contributed by atoms with Crippen LogP contribution in [0.5, 0.6) is 0 Å². The number of halogens is 3. The maximum absolute atomic E-state index is 13.3. The van der Waals surface area contributed by atoms with Crippen molar-refractivity contribution in [1.82, 2.24) is 4.90 Å². The summed E-state index contributed by atoms with van der Waals surface area (Å²) < 4.78 is 0. The molecule has 0 radical (unpaired) electrons. The van der Waals surface area contributed by atoms with Gasteiger partial charge in [-0.05, 0) is 52.2 Å². The van der Waals surface area contributed by atoms with Crippen LogP contribution in [0.15, 0.2) is 84.9 Å². The van der Waals surface area contributed by atoms with E-state index in [1.165, 1.54) is 0 Å². The number of nitrogens with zero attached hydrogens (tertiary/aromatic N) is 1. The van der Waals surface area contributed by atoms with E-state index in [0.717, 1.165) is 21.9 Å². The molecule has 0 saturated heterocycles. The number of urea groups is 1. The van der Waals surface area contributed by atoms with Crippen LogP contribution in [0.2, 0.25) is 15.1 Å². The van der Waals surface area contributed by atoms with Crippen molar-refractivity contribution in [3.63, 3.8) is 0 Å². The molecular weight excluding hydrogens is 451 g/mol. The number of benzene rings is 4. The summed E-state index contributed by atoms with van der Waals surface area (Å²) in [6.07, 6.45) is 0. The molecule has 4 aromatic rings. The largest absolute Gasteiger partial charge is 0.322 e. The molecule has 31 heavy (non-hydrogen) atoms. The number of nitrogens with one attached hydrogen (secondary N) is 1. The molecule has 0 bridgehead atoms. The van der Waals surface area contributed by atoms with Gasteiger partial charge in [-0.15, -0.1) is 0 Å². The molecule has 6 heteroatoms. The van der Waals surface area contributed by atoms with Crippen molar-refractivity contribution in [2.75, 3.05) is 5.32 Å². The zero-order valence-corrected chi connectivity index (χ0v) is 18.8. The topological polar surface area (TPSA) is 32.3 Å². The summed E-state index contributed by atoms with van der Waals surface area (Å²) in [5.41, 5.74) is 2.54. The number of carbonyl (C=O) groups is 1. The molecule has 4 aromatic carbocycles. The van der Waals surface area contributed by atoms with Crippen molar-refractivity contribution < 1.29 is 4.79 Å². The number of amides is 2. The highest BCUT2D eigenvalue weighted by molar-refractivity contribution is 6.36. The van der Waals surface area contributed by atoms with E-state index in [4.69, 9.17) is 34.8 Å². The van der Waals surface area contributed by atoms with Gasteiger partial charge in [-0.25, -0.2) is 4.79 Å². The van der Waals surface area contributed by atoms with Crippen LogP contribution in [0.25, 0.3) is 10.8 Å². The Balaban J connectivity index is 1.64. The maximum Gasteiger partial charge on any atom is 0.322 e. The molecule has 0 saturated carbocycles.